The van der Waals surface area contributed by atoms with E-state index in [9.17, 15) is 0 Å². The summed E-state index contributed by atoms with van der Waals surface area (Å²) in [7, 11) is 0. The third-order valence-corrected chi connectivity index (χ3v) is 2.68. The summed E-state index contributed by atoms with van der Waals surface area (Å²) in [5.74, 6) is 0. The van der Waals surface area contributed by atoms with Crippen molar-refractivity contribution in [1.82, 2.24) is 0 Å². The fourth-order valence-electron chi connectivity index (χ4n) is 1.66. The molecule has 2 nitrogen and oxygen atoms in total. The Bertz CT molecular complexity index is 354. The lowest BCUT2D eigenvalue weighted by Gasteiger charge is -1.99. The summed E-state index contributed by atoms with van der Waals surface area (Å²) in [6.45, 7) is 2.19. The van der Waals surface area contributed by atoms with Crippen molar-refractivity contribution in [2.75, 3.05) is 0 Å². The molecule has 0 unspecified atom stereocenters. The maximum absolute atomic E-state index is 8.90. The fraction of sp³-hybridized carbons (Fsp3) is 0.400. The molecule has 0 radical (unpaired) electrons. The molecule has 0 amide bonds. The molecular weight excluding hydrogens is 210 g/mol. The van der Waals surface area contributed by atoms with Gasteiger partial charge in [-0.2, -0.15) is 0 Å². The van der Waals surface area contributed by atoms with E-state index >= 15 is 0 Å². The zero-order chi connectivity index (χ0) is 12.3. The molecule has 0 bridgehead atoms. The molecule has 0 aliphatic heterocycles. The Hall–Kier alpha value is -1.57. The second-order valence-electron chi connectivity index (χ2n) is 4.15. The van der Waals surface area contributed by atoms with Crippen LogP contribution in [0.5, 0.6) is 0 Å². The Morgan fingerprint density at radius 3 is 2.59 bits per heavy atom. The molecule has 1 aromatic carbocycles. The SMILES string of the molecule is CCCCCCC(/C=C/c1ccccc1)=N\O. The largest absolute Gasteiger partial charge is 0.411 e. The Morgan fingerprint density at radius 2 is 1.94 bits per heavy atom. The summed E-state index contributed by atoms with van der Waals surface area (Å²) < 4.78 is 0. The molecule has 2 heteroatoms. The maximum Gasteiger partial charge on any atom is 0.0795 e. The molecule has 0 atom stereocenters. The molecule has 0 spiro atoms. The van der Waals surface area contributed by atoms with Crippen LogP contribution in [-0.2, 0) is 0 Å². The van der Waals surface area contributed by atoms with Crippen molar-refractivity contribution in [2.45, 2.75) is 39.0 Å². The number of allylic oxidation sites excluding steroid dienone is 1. The lowest BCUT2D eigenvalue weighted by molar-refractivity contribution is 0.318. The highest BCUT2D eigenvalue weighted by Gasteiger charge is 1.95. The molecule has 1 N–H and O–H groups in total. The molecule has 92 valence electrons. The first-order chi connectivity index (χ1) is 8.36. The molecule has 0 aliphatic carbocycles. The molecule has 1 rings (SSSR count). The van der Waals surface area contributed by atoms with Crippen LogP contribution in [-0.4, -0.2) is 10.9 Å². The maximum atomic E-state index is 8.90. The smallest absolute Gasteiger partial charge is 0.0795 e. The Morgan fingerprint density at radius 1 is 1.18 bits per heavy atom. The first-order valence-electron chi connectivity index (χ1n) is 6.31. The molecular formula is C15H21NO. The van der Waals surface area contributed by atoms with Gasteiger partial charge in [-0.1, -0.05) is 67.7 Å². The third kappa shape index (κ3) is 5.91. The number of nitrogens with zero attached hydrogens (tertiary/aromatic N) is 1. The number of benzene rings is 1. The summed E-state index contributed by atoms with van der Waals surface area (Å²) in [5, 5.41) is 12.2. The van der Waals surface area contributed by atoms with Gasteiger partial charge in [0.05, 0.1) is 5.71 Å². The van der Waals surface area contributed by atoms with Crippen LogP contribution in [0.15, 0.2) is 41.6 Å². The third-order valence-electron chi connectivity index (χ3n) is 2.68. The minimum atomic E-state index is 0.755. The van der Waals surface area contributed by atoms with Crippen LogP contribution in [0.4, 0.5) is 0 Å². The average Bonchev–Trinajstić information content (AvgIpc) is 2.39. The van der Waals surface area contributed by atoms with Gasteiger partial charge in [-0.15, -0.1) is 0 Å². The Labute approximate surface area is 104 Å². The zero-order valence-electron chi connectivity index (χ0n) is 10.5. The molecule has 1 aromatic rings. The van der Waals surface area contributed by atoms with Crippen LogP contribution in [0.2, 0.25) is 0 Å². The number of oxime groups is 1. The molecule has 17 heavy (non-hydrogen) atoms. The zero-order valence-corrected chi connectivity index (χ0v) is 10.5. The van der Waals surface area contributed by atoms with Crippen LogP contribution in [0.1, 0.15) is 44.6 Å². The average molecular weight is 231 g/mol. The van der Waals surface area contributed by atoms with E-state index in [1.54, 1.807) is 0 Å². The number of unbranched alkanes of at least 4 members (excludes halogenated alkanes) is 3. The molecule has 0 aromatic heterocycles. The normalized spacial score (nSPS) is 12.2. The predicted octanol–water partition coefficient (Wildman–Crippen LogP) is 4.50. The van der Waals surface area contributed by atoms with E-state index in [0.717, 1.165) is 24.1 Å². The van der Waals surface area contributed by atoms with Crippen LogP contribution in [0.3, 0.4) is 0 Å². The van der Waals surface area contributed by atoms with Crippen LogP contribution >= 0.6 is 0 Å². The summed E-state index contributed by atoms with van der Waals surface area (Å²) >= 11 is 0. The molecule has 0 heterocycles. The molecule has 0 aliphatic rings. The van der Waals surface area contributed by atoms with E-state index < -0.39 is 0 Å². The molecule has 0 saturated carbocycles. The van der Waals surface area contributed by atoms with Crippen molar-refractivity contribution in [3.63, 3.8) is 0 Å². The number of hydrogen-bond donors (Lipinski definition) is 1. The Balaban J connectivity index is 2.39. The van der Waals surface area contributed by atoms with Gasteiger partial charge in [-0.3, -0.25) is 0 Å². The van der Waals surface area contributed by atoms with E-state index in [2.05, 4.69) is 12.1 Å². The number of hydrogen-bond acceptors (Lipinski definition) is 2. The van der Waals surface area contributed by atoms with E-state index in [0.29, 0.717) is 0 Å². The van der Waals surface area contributed by atoms with Gasteiger partial charge >= 0.3 is 0 Å². The van der Waals surface area contributed by atoms with E-state index in [4.69, 9.17) is 5.21 Å². The van der Waals surface area contributed by atoms with E-state index in [1.807, 2.05) is 42.5 Å². The van der Waals surface area contributed by atoms with Gasteiger partial charge in [0.15, 0.2) is 0 Å². The van der Waals surface area contributed by atoms with Gasteiger partial charge in [0.2, 0.25) is 0 Å². The van der Waals surface area contributed by atoms with Gasteiger partial charge < -0.3 is 5.21 Å². The van der Waals surface area contributed by atoms with Crippen LogP contribution in [0.25, 0.3) is 6.08 Å². The number of rotatable bonds is 7. The van der Waals surface area contributed by atoms with E-state index in [1.165, 1.54) is 19.3 Å². The van der Waals surface area contributed by atoms with Crippen molar-refractivity contribution in [1.29, 1.82) is 0 Å². The van der Waals surface area contributed by atoms with Gasteiger partial charge in [0.25, 0.3) is 0 Å². The van der Waals surface area contributed by atoms with Crippen molar-refractivity contribution in [2.24, 2.45) is 5.16 Å². The van der Waals surface area contributed by atoms with Crippen molar-refractivity contribution < 1.29 is 5.21 Å². The summed E-state index contributed by atoms with van der Waals surface area (Å²) in [6.07, 6.45) is 9.49. The van der Waals surface area contributed by atoms with Crippen molar-refractivity contribution in [3.8, 4) is 0 Å². The van der Waals surface area contributed by atoms with Gasteiger partial charge in [-0.25, -0.2) is 0 Å². The molecule has 0 saturated heterocycles. The lowest BCUT2D eigenvalue weighted by atomic mass is 10.1. The lowest BCUT2D eigenvalue weighted by Crippen LogP contribution is -1.93. The minimum absolute atomic E-state index is 0.755. The standard InChI is InChI=1S/C15H21NO/c1-2-3-4-8-11-15(16-17)13-12-14-9-6-5-7-10-14/h5-7,9-10,12-13,17H,2-4,8,11H2,1H3/b13-12+,16-15+. The first-order valence-corrected chi connectivity index (χ1v) is 6.31. The highest BCUT2D eigenvalue weighted by Crippen LogP contribution is 2.06. The monoisotopic (exact) mass is 231 g/mol. The summed E-state index contributed by atoms with van der Waals surface area (Å²) in [5.41, 5.74) is 1.88. The quantitative estimate of drug-likeness (QED) is 0.318. The summed E-state index contributed by atoms with van der Waals surface area (Å²) in [6, 6.07) is 10.0. The fourth-order valence-corrected chi connectivity index (χ4v) is 1.66. The second kappa shape index (κ2) is 8.57. The topological polar surface area (TPSA) is 32.6 Å². The van der Waals surface area contributed by atoms with E-state index in [-0.39, 0.29) is 0 Å². The van der Waals surface area contributed by atoms with Crippen molar-refractivity contribution in [3.05, 3.63) is 42.0 Å². The first kappa shape index (κ1) is 13.5. The predicted molar refractivity (Wildman–Crippen MR) is 73.5 cm³/mol. The van der Waals surface area contributed by atoms with Crippen LogP contribution < -0.4 is 0 Å². The van der Waals surface area contributed by atoms with Gasteiger partial charge in [0.1, 0.15) is 0 Å². The molecule has 0 fully saturated rings. The van der Waals surface area contributed by atoms with Crippen molar-refractivity contribution >= 4 is 11.8 Å². The minimum Gasteiger partial charge on any atom is -0.411 e. The second-order valence-corrected chi connectivity index (χ2v) is 4.15. The highest BCUT2D eigenvalue weighted by atomic mass is 16.4. The van der Waals surface area contributed by atoms with Gasteiger partial charge in [0, 0.05) is 0 Å². The summed E-state index contributed by atoms with van der Waals surface area (Å²) in [4.78, 5) is 0. The Kier molecular flexibility index (Phi) is 6.80. The van der Waals surface area contributed by atoms with Gasteiger partial charge in [-0.05, 0) is 24.5 Å². The van der Waals surface area contributed by atoms with Crippen LogP contribution in [0, 0.1) is 0 Å². The highest BCUT2D eigenvalue weighted by molar-refractivity contribution is 5.97.